The molecule has 3 heterocycles. The molecule has 2 aromatic heterocycles. The molecule has 0 unspecified atom stereocenters. The van der Waals surface area contributed by atoms with Crippen LogP contribution >= 0.6 is 0 Å². The Morgan fingerprint density at radius 2 is 1.96 bits per heavy atom. The van der Waals surface area contributed by atoms with Crippen molar-refractivity contribution in [1.82, 2.24) is 24.4 Å². The second kappa shape index (κ2) is 7.46. The standard InChI is InChI=1S/C20H24N6O2/c27-11-16-9-25(8-14-4-2-1-3-5-14)10-17(28-16)26-13-23-18-19(24-15-6-7-15)21-12-22-20(18)26/h1-5,12-13,15-17,27H,6-11H2,(H,21,22,24)/t16-,17+/m0/s1. The van der Waals surface area contributed by atoms with Gasteiger partial charge in [0.2, 0.25) is 0 Å². The average Bonchev–Trinajstić information content (AvgIpc) is 3.43. The first-order chi connectivity index (χ1) is 13.8. The van der Waals surface area contributed by atoms with E-state index in [9.17, 15) is 5.11 Å². The first kappa shape index (κ1) is 17.5. The number of rotatable bonds is 6. The molecular weight excluding hydrogens is 356 g/mol. The summed E-state index contributed by atoms with van der Waals surface area (Å²) in [5.41, 5.74) is 2.76. The molecule has 146 valence electrons. The third-order valence-corrected chi connectivity index (χ3v) is 5.27. The van der Waals surface area contributed by atoms with Gasteiger partial charge in [-0.05, 0) is 18.4 Å². The fourth-order valence-electron chi connectivity index (χ4n) is 3.71. The summed E-state index contributed by atoms with van der Waals surface area (Å²) < 4.78 is 8.09. The number of nitrogens with one attached hydrogen (secondary N) is 1. The van der Waals surface area contributed by atoms with E-state index in [0.29, 0.717) is 19.1 Å². The number of aromatic nitrogens is 4. The van der Waals surface area contributed by atoms with Crippen LogP contribution in [0.3, 0.4) is 0 Å². The highest BCUT2D eigenvalue weighted by molar-refractivity contribution is 5.83. The lowest BCUT2D eigenvalue weighted by Gasteiger charge is -2.37. The molecule has 2 aliphatic rings. The molecule has 8 heteroatoms. The van der Waals surface area contributed by atoms with Crippen molar-refractivity contribution < 1.29 is 9.84 Å². The maximum Gasteiger partial charge on any atom is 0.167 e. The highest BCUT2D eigenvalue weighted by atomic mass is 16.5. The summed E-state index contributed by atoms with van der Waals surface area (Å²) in [6.07, 6.45) is 5.17. The molecule has 2 fully saturated rings. The van der Waals surface area contributed by atoms with Crippen LogP contribution in [0.25, 0.3) is 11.2 Å². The van der Waals surface area contributed by atoms with E-state index in [2.05, 4.69) is 37.3 Å². The van der Waals surface area contributed by atoms with Crippen LogP contribution in [0.5, 0.6) is 0 Å². The summed E-state index contributed by atoms with van der Waals surface area (Å²) in [7, 11) is 0. The summed E-state index contributed by atoms with van der Waals surface area (Å²) in [5, 5.41) is 13.2. The number of morpholine rings is 1. The Bertz CT molecular complexity index is 942. The van der Waals surface area contributed by atoms with Crippen LogP contribution in [0.15, 0.2) is 43.0 Å². The zero-order valence-corrected chi connectivity index (χ0v) is 15.6. The molecule has 0 radical (unpaired) electrons. The molecular formula is C20H24N6O2. The maximum atomic E-state index is 9.74. The number of imidazole rings is 1. The zero-order chi connectivity index (χ0) is 18.9. The van der Waals surface area contributed by atoms with Gasteiger partial charge in [-0.3, -0.25) is 9.47 Å². The molecule has 0 spiro atoms. The molecule has 3 aromatic rings. The van der Waals surface area contributed by atoms with Crippen LogP contribution in [0, 0.1) is 0 Å². The first-order valence-electron chi connectivity index (χ1n) is 9.77. The normalized spacial score (nSPS) is 23.2. The number of nitrogens with zero attached hydrogens (tertiary/aromatic N) is 5. The smallest absolute Gasteiger partial charge is 0.167 e. The second-order valence-corrected chi connectivity index (χ2v) is 7.54. The number of fused-ring (bicyclic) bond motifs is 1. The molecule has 1 aliphatic heterocycles. The number of ether oxygens (including phenoxy) is 1. The van der Waals surface area contributed by atoms with Crippen molar-refractivity contribution in [3.05, 3.63) is 48.5 Å². The minimum atomic E-state index is -0.261. The lowest BCUT2D eigenvalue weighted by molar-refractivity contribution is -0.135. The molecule has 0 amide bonds. The van der Waals surface area contributed by atoms with Gasteiger partial charge in [-0.25, -0.2) is 15.0 Å². The summed E-state index contributed by atoms with van der Waals surface area (Å²) in [5.74, 6) is 0.780. The van der Waals surface area contributed by atoms with Gasteiger partial charge < -0.3 is 15.2 Å². The van der Waals surface area contributed by atoms with E-state index in [-0.39, 0.29) is 18.9 Å². The van der Waals surface area contributed by atoms with E-state index in [1.165, 1.54) is 18.4 Å². The predicted octanol–water partition coefficient (Wildman–Crippen LogP) is 1.79. The van der Waals surface area contributed by atoms with Gasteiger partial charge in [-0.1, -0.05) is 30.3 Å². The lowest BCUT2D eigenvalue weighted by Crippen LogP contribution is -2.46. The monoisotopic (exact) mass is 380 g/mol. The Balaban J connectivity index is 1.41. The number of aliphatic hydroxyl groups is 1. The molecule has 1 aliphatic carbocycles. The molecule has 28 heavy (non-hydrogen) atoms. The van der Waals surface area contributed by atoms with Gasteiger partial charge in [0, 0.05) is 25.7 Å². The fourth-order valence-corrected chi connectivity index (χ4v) is 3.71. The molecule has 1 aromatic carbocycles. The van der Waals surface area contributed by atoms with Gasteiger partial charge >= 0.3 is 0 Å². The minimum absolute atomic E-state index is 0.0160. The van der Waals surface area contributed by atoms with Crippen molar-refractivity contribution in [2.45, 2.75) is 37.8 Å². The molecule has 8 nitrogen and oxygen atoms in total. The first-order valence-corrected chi connectivity index (χ1v) is 9.77. The fraction of sp³-hybridized carbons (Fsp3) is 0.450. The number of hydrogen-bond donors (Lipinski definition) is 2. The molecule has 2 atom stereocenters. The highest BCUT2D eigenvalue weighted by Gasteiger charge is 2.30. The van der Waals surface area contributed by atoms with Crippen molar-refractivity contribution in [3.63, 3.8) is 0 Å². The van der Waals surface area contributed by atoms with Gasteiger partial charge in [0.15, 0.2) is 17.0 Å². The number of benzene rings is 1. The summed E-state index contributed by atoms with van der Waals surface area (Å²) in [4.78, 5) is 15.7. The number of anilines is 1. The van der Waals surface area contributed by atoms with Crippen LogP contribution in [0.2, 0.25) is 0 Å². The topological polar surface area (TPSA) is 88.3 Å². The van der Waals surface area contributed by atoms with Gasteiger partial charge in [0.1, 0.15) is 12.6 Å². The number of hydrogen-bond acceptors (Lipinski definition) is 7. The Labute approximate surface area is 163 Å². The Morgan fingerprint density at radius 1 is 1.11 bits per heavy atom. The second-order valence-electron chi connectivity index (χ2n) is 7.54. The van der Waals surface area contributed by atoms with Gasteiger partial charge in [0.05, 0.1) is 19.0 Å². The van der Waals surface area contributed by atoms with Gasteiger partial charge in [-0.15, -0.1) is 0 Å². The van der Waals surface area contributed by atoms with Crippen LogP contribution in [-0.4, -0.2) is 61.4 Å². The average molecular weight is 380 g/mol. The molecule has 0 bridgehead atoms. The highest BCUT2D eigenvalue weighted by Crippen LogP contribution is 2.29. The maximum absolute atomic E-state index is 9.74. The van der Waals surface area contributed by atoms with Crippen LogP contribution in [0.4, 0.5) is 5.82 Å². The van der Waals surface area contributed by atoms with Crippen LogP contribution in [-0.2, 0) is 11.3 Å². The van der Waals surface area contributed by atoms with Crippen molar-refractivity contribution >= 4 is 17.0 Å². The van der Waals surface area contributed by atoms with Gasteiger partial charge in [-0.2, -0.15) is 0 Å². The van der Waals surface area contributed by atoms with Crippen LogP contribution < -0.4 is 5.32 Å². The predicted molar refractivity (Wildman–Crippen MR) is 105 cm³/mol. The third-order valence-electron chi connectivity index (χ3n) is 5.27. The zero-order valence-electron chi connectivity index (χ0n) is 15.6. The largest absolute Gasteiger partial charge is 0.394 e. The Morgan fingerprint density at radius 3 is 2.75 bits per heavy atom. The minimum Gasteiger partial charge on any atom is -0.394 e. The van der Waals surface area contributed by atoms with Crippen molar-refractivity contribution in [2.24, 2.45) is 0 Å². The molecule has 2 N–H and O–H groups in total. The van der Waals surface area contributed by atoms with Crippen molar-refractivity contribution in [3.8, 4) is 0 Å². The Kier molecular flexibility index (Phi) is 4.67. The lowest BCUT2D eigenvalue weighted by atomic mass is 10.2. The SMILES string of the molecule is OC[C@@H]1CN(Cc2ccccc2)C[C@H](n2cnc3c(NC4CC4)ncnc32)O1. The van der Waals surface area contributed by atoms with Crippen molar-refractivity contribution in [1.29, 1.82) is 0 Å². The third kappa shape index (κ3) is 3.58. The van der Waals surface area contributed by atoms with E-state index < -0.39 is 0 Å². The molecule has 5 rings (SSSR count). The summed E-state index contributed by atoms with van der Waals surface area (Å²) >= 11 is 0. The Hall–Kier alpha value is -2.55. The molecule has 1 saturated carbocycles. The van der Waals surface area contributed by atoms with E-state index in [4.69, 9.17) is 4.74 Å². The number of aliphatic hydroxyl groups excluding tert-OH is 1. The molecule has 1 saturated heterocycles. The van der Waals surface area contributed by atoms with Crippen LogP contribution in [0.1, 0.15) is 24.6 Å². The van der Waals surface area contributed by atoms with E-state index >= 15 is 0 Å². The van der Waals surface area contributed by atoms with E-state index in [1.807, 2.05) is 22.8 Å². The summed E-state index contributed by atoms with van der Waals surface area (Å²) in [6.45, 7) is 2.19. The van der Waals surface area contributed by atoms with E-state index in [0.717, 1.165) is 23.5 Å². The van der Waals surface area contributed by atoms with Gasteiger partial charge in [0.25, 0.3) is 0 Å². The van der Waals surface area contributed by atoms with Crippen molar-refractivity contribution in [2.75, 3.05) is 25.0 Å². The summed E-state index contributed by atoms with van der Waals surface area (Å²) in [6, 6.07) is 10.8. The quantitative estimate of drug-likeness (QED) is 0.674. The van der Waals surface area contributed by atoms with E-state index in [1.54, 1.807) is 12.7 Å².